The zero-order valence-electron chi connectivity index (χ0n) is 16.3. The predicted octanol–water partition coefficient (Wildman–Crippen LogP) is 2.88. The fraction of sp³-hybridized carbons (Fsp3) is 0.476. The summed E-state index contributed by atoms with van der Waals surface area (Å²) < 4.78 is 14.0. The molecule has 0 saturated carbocycles. The van der Waals surface area contributed by atoms with E-state index in [9.17, 15) is 9.18 Å². The Balaban J connectivity index is 1.47. The van der Waals surface area contributed by atoms with Gasteiger partial charge in [0.1, 0.15) is 23.2 Å². The van der Waals surface area contributed by atoms with Crippen LogP contribution in [0.4, 0.5) is 15.9 Å². The van der Waals surface area contributed by atoms with E-state index < -0.39 is 0 Å². The van der Waals surface area contributed by atoms with E-state index in [1.807, 2.05) is 30.0 Å². The molecule has 1 aromatic heterocycles. The Morgan fingerprint density at radius 3 is 2.32 bits per heavy atom. The number of hydrogen-bond acceptors (Lipinski definition) is 5. The van der Waals surface area contributed by atoms with Crippen LogP contribution in [0, 0.1) is 12.7 Å². The van der Waals surface area contributed by atoms with Gasteiger partial charge in [0.05, 0.1) is 5.69 Å². The van der Waals surface area contributed by atoms with Crippen LogP contribution >= 0.6 is 0 Å². The number of aryl methyl sites for hydroxylation is 1. The third kappa shape index (κ3) is 3.93. The molecule has 0 N–H and O–H groups in total. The number of piperazine rings is 1. The highest BCUT2D eigenvalue weighted by molar-refractivity contribution is 5.93. The van der Waals surface area contributed by atoms with Gasteiger partial charge in [0, 0.05) is 45.3 Å². The summed E-state index contributed by atoms with van der Waals surface area (Å²) in [7, 11) is 0. The number of benzene rings is 1. The first-order chi connectivity index (χ1) is 13.6. The van der Waals surface area contributed by atoms with E-state index in [4.69, 9.17) is 0 Å². The molecule has 0 bridgehead atoms. The highest BCUT2D eigenvalue weighted by Crippen LogP contribution is 2.23. The summed E-state index contributed by atoms with van der Waals surface area (Å²) in [6, 6.07) is 8.68. The van der Waals surface area contributed by atoms with Gasteiger partial charge in [-0.15, -0.1) is 0 Å². The van der Waals surface area contributed by atoms with Crippen molar-refractivity contribution in [3.05, 3.63) is 47.7 Å². The Hall–Kier alpha value is -2.70. The second-order valence-corrected chi connectivity index (χ2v) is 7.44. The standard InChI is InChI=1S/C21H26FN5O/c1-16-23-18(21(28)27-9-5-2-6-10-27)15-20(24-16)26-13-11-25(12-14-26)19-8-4-3-7-17(19)22/h3-4,7-8,15H,2,5-6,9-14H2,1H3. The van der Waals surface area contributed by atoms with Crippen molar-refractivity contribution in [1.29, 1.82) is 0 Å². The van der Waals surface area contributed by atoms with E-state index in [1.165, 1.54) is 12.5 Å². The number of carbonyl (C=O) groups is 1. The maximum absolute atomic E-state index is 14.0. The lowest BCUT2D eigenvalue weighted by Gasteiger charge is -2.37. The topological polar surface area (TPSA) is 52.6 Å². The molecule has 2 aliphatic rings. The van der Waals surface area contributed by atoms with Gasteiger partial charge in [-0.3, -0.25) is 4.79 Å². The monoisotopic (exact) mass is 383 g/mol. The van der Waals surface area contributed by atoms with Crippen LogP contribution in [-0.4, -0.2) is 60.0 Å². The molecule has 3 heterocycles. The lowest BCUT2D eigenvalue weighted by atomic mass is 10.1. The van der Waals surface area contributed by atoms with Gasteiger partial charge in [-0.1, -0.05) is 12.1 Å². The zero-order chi connectivity index (χ0) is 19.5. The highest BCUT2D eigenvalue weighted by Gasteiger charge is 2.24. The number of piperidine rings is 1. The van der Waals surface area contributed by atoms with E-state index in [1.54, 1.807) is 6.07 Å². The minimum atomic E-state index is -0.191. The molecule has 7 heteroatoms. The SMILES string of the molecule is Cc1nc(C(=O)N2CCCCC2)cc(N2CCN(c3ccccc3F)CC2)n1. The summed E-state index contributed by atoms with van der Waals surface area (Å²) in [5.41, 5.74) is 1.11. The molecule has 0 unspecified atom stereocenters. The first kappa shape index (κ1) is 18.7. The third-order valence-electron chi connectivity index (χ3n) is 5.48. The summed E-state index contributed by atoms with van der Waals surface area (Å²) in [6.07, 6.45) is 3.30. The van der Waals surface area contributed by atoms with Crippen molar-refractivity contribution < 1.29 is 9.18 Å². The normalized spacial score (nSPS) is 17.7. The smallest absolute Gasteiger partial charge is 0.272 e. The number of nitrogens with zero attached hydrogens (tertiary/aromatic N) is 5. The van der Waals surface area contributed by atoms with Crippen molar-refractivity contribution in [1.82, 2.24) is 14.9 Å². The number of aromatic nitrogens is 2. The summed E-state index contributed by atoms with van der Waals surface area (Å²) in [6.45, 7) is 6.30. The molecule has 0 spiro atoms. The maximum atomic E-state index is 14.0. The average molecular weight is 383 g/mol. The fourth-order valence-electron chi connectivity index (χ4n) is 3.97. The Kier molecular flexibility index (Phi) is 5.41. The van der Waals surface area contributed by atoms with E-state index in [2.05, 4.69) is 19.8 Å². The molecule has 148 valence electrons. The largest absolute Gasteiger partial charge is 0.366 e. The van der Waals surface area contributed by atoms with Crippen molar-refractivity contribution in [2.75, 3.05) is 49.1 Å². The molecule has 2 saturated heterocycles. The summed E-state index contributed by atoms with van der Waals surface area (Å²) >= 11 is 0. The van der Waals surface area contributed by atoms with Gasteiger partial charge in [0.25, 0.3) is 5.91 Å². The van der Waals surface area contributed by atoms with Crippen molar-refractivity contribution >= 4 is 17.4 Å². The number of amides is 1. The molecule has 0 radical (unpaired) electrons. The van der Waals surface area contributed by atoms with Crippen molar-refractivity contribution in [2.45, 2.75) is 26.2 Å². The van der Waals surface area contributed by atoms with Gasteiger partial charge < -0.3 is 14.7 Å². The van der Waals surface area contributed by atoms with Crippen molar-refractivity contribution in [2.24, 2.45) is 0 Å². The molecular weight excluding hydrogens is 357 g/mol. The molecule has 1 aromatic carbocycles. The van der Waals surface area contributed by atoms with Crippen LogP contribution in [0.2, 0.25) is 0 Å². The first-order valence-electron chi connectivity index (χ1n) is 10.0. The molecule has 2 aliphatic heterocycles. The van der Waals surface area contributed by atoms with E-state index in [-0.39, 0.29) is 11.7 Å². The number of halogens is 1. The number of anilines is 2. The van der Waals surface area contributed by atoms with Crippen molar-refractivity contribution in [3.63, 3.8) is 0 Å². The van der Waals surface area contributed by atoms with Crippen LogP contribution in [0.3, 0.4) is 0 Å². The molecule has 4 rings (SSSR count). The third-order valence-corrected chi connectivity index (χ3v) is 5.48. The Labute approximate surface area is 165 Å². The minimum Gasteiger partial charge on any atom is -0.366 e. The second kappa shape index (κ2) is 8.12. The fourth-order valence-corrected chi connectivity index (χ4v) is 3.97. The van der Waals surface area contributed by atoms with Crippen LogP contribution < -0.4 is 9.80 Å². The quantitative estimate of drug-likeness (QED) is 0.816. The molecule has 6 nitrogen and oxygen atoms in total. The second-order valence-electron chi connectivity index (χ2n) is 7.44. The van der Waals surface area contributed by atoms with Gasteiger partial charge >= 0.3 is 0 Å². The van der Waals surface area contributed by atoms with Gasteiger partial charge in [-0.25, -0.2) is 14.4 Å². The summed E-state index contributed by atoms with van der Waals surface area (Å²) in [4.78, 5) is 27.9. The number of likely N-dealkylation sites (tertiary alicyclic amines) is 1. The van der Waals surface area contributed by atoms with E-state index in [0.717, 1.165) is 44.8 Å². The van der Waals surface area contributed by atoms with E-state index in [0.29, 0.717) is 30.3 Å². The van der Waals surface area contributed by atoms with Crippen LogP contribution in [-0.2, 0) is 0 Å². The highest BCUT2D eigenvalue weighted by atomic mass is 19.1. The predicted molar refractivity (Wildman–Crippen MR) is 107 cm³/mol. The Morgan fingerprint density at radius 2 is 1.61 bits per heavy atom. The lowest BCUT2D eigenvalue weighted by Crippen LogP contribution is -2.47. The number of carbonyl (C=O) groups excluding carboxylic acids is 1. The molecule has 0 aliphatic carbocycles. The average Bonchev–Trinajstić information content (AvgIpc) is 2.74. The molecule has 2 aromatic rings. The Bertz CT molecular complexity index is 844. The zero-order valence-corrected chi connectivity index (χ0v) is 16.3. The van der Waals surface area contributed by atoms with Gasteiger partial charge in [-0.05, 0) is 38.3 Å². The van der Waals surface area contributed by atoms with Crippen LogP contribution in [0.5, 0.6) is 0 Å². The first-order valence-corrected chi connectivity index (χ1v) is 10.0. The molecule has 1 amide bonds. The molecule has 2 fully saturated rings. The van der Waals surface area contributed by atoms with Crippen LogP contribution in [0.25, 0.3) is 0 Å². The van der Waals surface area contributed by atoms with Gasteiger partial charge in [-0.2, -0.15) is 0 Å². The molecule has 0 atom stereocenters. The lowest BCUT2D eigenvalue weighted by molar-refractivity contribution is 0.0718. The maximum Gasteiger partial charge on any atom is 0.272 e. The number of hydrogen-bond donors (Lipinski definition) is 0. The van der Waals surface area contributed by atoms with Crippen LogP contribution in [0.15, 0.2) is 30.3 Å². The number of para-hydroxylation sites is 1. The summed E-state index contributed by atoms with van der Waals surface area (Å²) in [5.74, 6) is 1.19. The molecule has 28 heavy (non-hydrogen) atoms. The minimum absolute atomic E-state index is 0.00329. The Morgan fingerprint density at radius 1 is 0.929 bits per heavy atom. The van der Waals surface area contributed by atoms with Gasteiger partial charge in [0.2, 0.25) is 0 Å². The van der Waals surface area contributed by atoms with E-state index >= 15 is 0 Å². The molecular formula is C21H26FN5O. The van der Waals surface area contributed by atoms with Gasteiger partial charge in [0.15, 0.2) is 0 Å². The summed E-state index contributed by atoms with van der Waals surface area (Å²) in [5, 5.41) is 0. The van der Waals surface area contributed by atoms with Crippen molar-refractivity contribution in [3.8, 4) is 0 Å². The van der Waals surface area contributed by atoms with Crippen LogP contribution in [0.1, 0.15) is 35.6 Å². The number of rotatable bonds is 3.